The van der Waals surface area contributed by atoms with Crippen LogP contribution in [0.15, 0.2) is 122 Å². The number of rotatable bonds is 26. The summed E-state index contributed by atoms with van der Waals surface area (Å²) >= 11 is 0. The van der Waals surface area contributed by atoms with Gasteiger partial charge in [-0.25, -0.2) is 9.78 Å². The Morgan fingerprint density at radius 1 is 0.662 bits per heavy atom. The molecular weight excluding hydrogens is 823 g/mol. The van der Waals surface area contributed by atoms with Gasteiger partial charge in [0.15, 0.2) is 0 Å². The molecular formula is C51H63N7O7. The number of unbranched alkanes of at least 4 members (excludes halogenated alkanes) is 4. The molecule has 344 valence electrons. The predicted molar refractivity (Wildman–Crippen MR) is 250 cm³/mol. The molecule has 0 unspecified atom stereocenters. The number of phenols is 1. The lowest BCUT2D eigenvalue weighted by Crippen LogP contribution is -2.58. The molecule has 0 spiro atoms. The third-order valence-corrected chi connectivity index (χ3v) is 11.3. The number of carbonyl (C=O) groups excluding carboxylic acids is 4. The first kappa shape index (κ1) is 49.2. The Morgan fingerprint density at radius 3 is 1.83 bits per heavy atom. The molecule has 4 amide bonds. The van der Waals surface area contributed by atoms with Gasteiger partial charge in [-0.15, -0.1) is 0 Å². The maximum Gasteiger partial charge on any atom is 0.326 e. The number of aromatic hydroxyl groups is 1. The molecule has 1 heterocycles. The monoisotopic (exact) mass is 885 g/mol. The molecule has 0 radical (unpaired) electrons. The standard InChI is InChI=1S/C51H63N7O7/c1-3-4-5-6-13-20-46(60)53-29-14-19-43(55-48(61)42(52)32-40-33-58(34-54-40)47(38-15-9-7-10-16-38)39-17-11-8-12-18-39)49(62)56-44(30-36-23-21-35(2)22-24-36)50(63)57-45(51(64)65)31-37-25-27-41(59)28-26-37/h7-12,15-18,21-28,33-34,42-45,47,59H,3-6,13-14,19-20,29-32,52H2,1-2H3,(H,53,60)(H,55,61)(H,56,62)(H,57,63)(H,64,65)/t42-,43-,44+,45-/m0/s1. The molecule has 4 aromatic carbocycles. The van der Waals surface area contributed by atoms with Crippen LogP contribution in [0.1, 0.15) is 97.8 Å². The topological polar surface area (TPSA) is 218 Å². The summed E-state index contributed by atoms with van der Waals surface area (Å²) in [5.74, 6) is -3.39. The summed E-state index contributed by atoms with van der Waals surface area (Å²) in [6, 6.07) is 28.3. The minimum atomic E-state index is -1.35. The number of nitrogens with one attached hydrogen (secondary N) is 4. The largest absolute Gasteiger partial charge is 0.508 e. The van der Waals surface area contributed by atoms with E-state index in [1.165, 1.54) is 12.1 Å². The highest BCUT2D eigenvalue weighted by molar-refractivity contribution is 5.94. The van der Waals surface area contributed by atoms with Crippen LogP contribution in [0, 0.1) is 6.92 Å². The number of nitrogens with two attached hydrogens (primary N) is 1. The van der Waals surface area contributed by atoms with Crippen LogP contribution >= 0.6 is 0 Å². The lowest BCUT2D eigenvalue weighted by Gasteiger charge is -2.25. The number of amides is 4. The normalized spacial score (nSPS) is 13.0. The van der Waals surface area contributed by atoms with Gasteiger partial charge < -0.3 is 41.8 Å². The lowest BCUT2D eigenvalue weighted by atomic mass is 9.98. The molecule has 65 heavy (non-hydrogen) atoms. The Bertz CT molecular complexity index is 2230. The van der Waals surface area contributed by atoms with Crippen LogP contribution in [-0.4, -0.2) is 80.1 Å². The van der Waals surface area contributed by atoms with Gasteiger partial charge in [-0.05, 0) is 60.6 Å². The highest BCUT2D eigenvalue weighted by Crippen LogP contribution is 2.27. The summed E-state index contributed by atoms with van der Waals surface area (Å²) in [6.45, 7) is 4.31. The van der Waals surface area contributed by atoms with Gasteiger partial charge in [0.2, 0.25) is 23.6 Å². The van der Waals surface area contributed by atoms with Crippen LogP contribution < -0.4 is 27.0 Å². The average Bonchev–Trinajstić information content (AvgIpc) is 3.76. The Balaban J connectivity index is 1.31. The molecule has 0 aliphatic rings. The second-order valence-corrected chi connectivity index (χ2v) is 16.6. The molecule has 14 nitrogen and oxygen atoms in total. The zero-order valence-corrected chi connectivity index (χ0v) is 37.3. The number of hydrogen-bond donors (Lipinski definition) is 7. The summed E-state index contributed by atoms with van der Waals surface area (Å²) in [4.78, 5) is 71.7. The molecule has 0 aliphatic heterocycles. The number of benzene rings is 4. The Kier molecular flexibility index (Phi) is 19.3. The van der Waals surface area contributed by atoms with Crippen molar-refractivity contribution in [3.63, 3.8) is 0 Å². The highest BCUT2D eigenvalue weighted by Gasteiger charge is 2.31. The molecule has 5 rings (SSSR count). The van der Waals surface area contributed by atoms with Crippen LogP contribution in [0.4, 0.5) is 0 Å². The lowest BCUT2D eigenvalue weighted by molar-refractivity contribution is -0.142. The van der Waals surface area contributed by atoms with Crippen molar-refractivity contribution < 1.29 is 34.2 Å². The Morgan fingerprint density at radius 2 is 1.22 bits per heavy atom. The number of aryl methyl sites for hydroxylation is 1. The van der Waals surface area contributed by atoms with Crippen molar-refractivity contribution in [3.8, 4) is 5.75 Å². The van der Waals surface area contributed by atoms with E-state index in [4.69, 9.17) is 5.73 Å². The van der Waals surface area contributed by atoms with E-state index in [0.29, 0.717) is 29.7 Å². The van der Waals surface area contributed by atoms with E-state index in [2.05, 4.69) is 33.2 Å². The number of nitrogens with zero attached hydrogens (tertiary/aromatic N) is 2. The number of aromatic nitrogens is 2. The van der Waals surface area contributed by atoms with Gasteiger partial charge in [0, 0.05) is 38.4 Å². The third-order valence-electron chi connectivity index (χ3n) is 11.3. The fraction of sp³-hybridized carbons (Fsp3) is 0.373. The van der Waals surface area contributed by atoms with Crippen molar-refractivity contribution in [3.05, 3.63) is 155 Å². The third kappa shape index (κ3) is 16.1. The molecule has 1 aromatic heterocycles. The molecule has 4 atom stereocenters. The van der Waals surface area contributed by atoms with Crippen molar-refractivity contribution in [1.82, 2.24) is 30.8 Å². The van der Waals surface area contributed by atoms with Crippen LogP contribution in [0.25, 0.3) is 0 Å². The maximum absolute atomic E-state index is 14.3. The van der Waals surface area contributed by atoms with Crippen molar-refractivity contribution in [2.24, 2.45) is 5.73 Å². The van der Waals surface area contributed by atoms with E-state index in [-0.39, 0.29) is 49.9 Å². The minimum absolute atomic E-state index is 0.0138. The quantitative estimate of drug-likeness (QED) is 0.0339. The van der Waals surface area contributed by atoms with E-state index < -0.39 is 47.9 Å². The summed E-state index contributed by atoms with van der Waals surface area (Å²) in [5.41, 5.74) is 11.4. The number of imidazole rings is 1. The Hall–Kier alpha value is -6.80. The van der Waals surface area contributed by atoms with Crippen LogP contribution in [0.3, 0.4) is 0 Å². The molecule has 0 saturated heterocycles. The van der Waals surface area contributed by atoms with Gasteiger partial charge >= 0.3 is 5.97 Å². The zero-order valence-electron chi connectivity index (χ0n) is 37.3. The van der Waals surface area contributed by atoms with Gasteiger partial charge in [-0.2, -0.15) is 0 Å². The SMILES string of the molecule is CCCCCCCC(=O)NCCC[C@H](NC(=O)[C@@H](N)Cc1cn(C(c2ccccc2)c2ccccc2)cn1)C(=O)N[C@H](Cc1ccc(C)cc1)C(=O)N[C@@H](Cc1ccc(O)cc1)C(=O)O. The summed E-state index contributed by atoms with van der Waals surface area (Å²) in [7, 11) is 0. The molecule has 0 aliphatic carbocycles. The molecule has 0 bridgehead atoms. The summed E-state index contributed by atoms with van der Waals surface area (Å²) < 4.78 is 1.97. The van der Waals surface area contributed by atoms with Crippen molar-refractivity contribution in [2.75, 3.05) is 6.54 Å². The van der Waals surface area contributed by atoms with Crippen molar-refractivity contribution >= 4 is 29.6 Å². The van der Waals surface area contributed by atoms with Crippen molar-refractivity contribution in [2.45, 2.75) is 115 Å². The fourth-order valence-corrected chi connectivity index (χ4v) is 7.59. The highest BCUT2D eigenvalue weighted by atomic mass is 16.4. The van der Waals surface area contributed by atoms with E-state index in [1.807, 2.05) is 103 Å². The van der Waals surface area contributed by atoms with E-state index in [1.54, 1.807) is 18.5 Å². The first-order valence-corrected chi connectivity index (χ1v) is 22.5. The number of phenolic OH excluding ortho intramolecular Hbond substituents is 1. The van der Waals surface area contributed by atoms with Gasteiger partial charge in [-0.3, -0.25) is 19.2 Å². The second-order valence-electron chi connectivity index (χ2n) is 16.6. The first-order chi connectivity index (χ1) is 31.4. The molecule has 5 aromatic rings. The van der Waals surface area contributed by atoms with Gasteiger partial charge in [0.05, 0.1) is 24.1 Å². The number of hydrogen-bond acceptors (Lipinski definition) is 8. The maximum atomic E-state index is 14.3. The number of carboxylic acids is 1. The van der Waals surface area contributed by atoms with E-state index in [9.17, 15) is 34.2 Å². The fourth-order valence-electron chi connectivity index (χ4n) is 7.59. The van der Waals surface area contributed by atoms with Gasteiger partial charge in [0.1, 0.15) is 23.9 Å². The predicted octanol–water partition coefficient (Wildman–Crippen LogP) is 5.69. The van der Waals surface area contributed by atoms with Crippen molar-refractivity contribution in [1.29, 1.82) is 0 Å². The minimum Gasteiger partial charge on any atom is -0.508 e. The summed E-state index contributed by atoms with van der Waals surface area (Å²) in [6.07, 6.45) is 9.45. The number of carbonyl (C=O) groups is 5. The van der Waals surface area contributed by atoms with Crippen LogP contribution in [0.5, 0.6) is 5.75 Å². The molecule has 0 fully saturated rings. The first-order valence-electron chi connectivity index (χ1n) is 22.5. The van der Waals surface area contributed by atoms with Crippen LogP contribution in [0.2, 0.25) is 0 Å². The van der Waals surface area contributed by atoms with E-state index in [0.717, 1.165) is 48.8 Å². The number of aliphatic carboxylic acids is 1. The van der Waals surface area contributed by atoms with Crippen LogP contribution in [-0.2, 0) is 43.2 Å². The van der Waals surface area contributed by atoms with Gasteiger partial charge in [-0.1, -0.05) is 135 Å². The molecule has 8 N–H and O–H groups in total. The molecule has 14 heteroatoms. The zero-order chi connectivity index (χ0) is 46.6. The van der Waals surface area contributed by atoms with Gasteiger partial charge in [0.25, 0.3) is 0 Å². The number of carboxylic acid groups (broad SMARTS) is 1. The summed E-state index contributed by atoms with van der Waals surface area (Å²) in [5, 5.41) is 30.9. The smallest absolute Gasteiger partial charge is 0.326 e. The average molecular weight is 886 g/mol. The molecule has 0 saturated carbocycles. The Labute approximate surface area is 381 Å². The van der Waals surface area contributed by atoms with E-state index >= 15 is 0 Å². The second kappa shape index (κ2) is 25.5.